The molecule has 0 saturated heterocycles. The number of aryl methyl sites for hydroxylation is 3. The van der Waals surface area contributed by atoms with Crippen LogP contribution < -0.4 is 0 Å². The van der Waals surface area contributed by atoms with Gasteiger partial charge in [-0.15, -0.1) is 15.3 Å². The Kier molecular flexibility index (Phi) is 4.95. The Labute approximate surface area is 167 Å². The number of nitrogens with zero attached hydrogens (tertiary/aromatic N) is 6. The van der Waals surface area contributed by atoms with Crippen LogP contribution in [0, 0.1) is 20.8 Å². The molecule has 1 atom stereocenters. The molecule has 142 valence electrons. The van der Waals surface area contributed by atoms with Crippen molar-refractivity contribution in [2.24, 2.45) is 0 Å². The second-order valence-electron chi connectivity index (χ2n) is 6.73. The monoisotopic (exact) mass is 392 g/mol. The number of thioether (sulfide) groups is 1. The minimum Gasteiger partial charge on any atom is -0.419 e. The van der Waals surface area contributed by atoms with E-state index < -0.39 is 0 Å². The molecule has 4 rings (SSSR count). The maximum absolute atomic E-state index is 5.88. The van der Waals surface area contributed by atoms with E-state index >= 15 is 0 Å². The minimum atomic E-state index is -0.0952. The summed E-state index contributed by atoms with van der Waals surface area (Å²) in [6.07, 6.45) is 0. The summed E-state index contributed by atoms with van der Waals surface area (Å²) in [5.41, 5.74) is 5.36. The summed E-state index contributed by atoms with van der Waals surface area (Å²) in [6.45, 7) is 8.16. The van der Waals surface area contributed by atoms with Crippen molar-refractivity contribution in [1.29, 1.82) is 0 Å². The van der Waals surface area contributed by atoms with E-state index in [2.05, 4.69) is 38.7 Å². The second-order valence-corrected chi connectivity index (χ2v) is 8.04. The number of benzene rings is 2. The fraction of sp³-hybridized carbons (Fsp3) is 0.250. The third kappa shape index (κ3) is 3.68. The number of aromatic nitrogens is 6. The summed E-state index contributed by atoms with van der Waals surface area (Å²) in [6, 6.07) is 14.2. The molecule has 0 bridgehead atoms. The normalized spacial score (nSPS) is 12.3. The predicted octanol–water partition coefficient (Wildman–Crippen LogP) is 4.49. The molecule has 2 heterocycles. The second kappa shape index (κ2) is 7.55. The molecule has 0 radical (unpaired) electrons. The first-order valence-corrected chi connectivity index (χ1v) is 9.82. The predicted molar refractivity (Wildman–Crippen MR) is 107 cm³/mol. The minimum absolute atomic E-state index is 0.0952. The Morgan fingerprint density at radius 2 is 1.68 bits per heavy atom. The van der Waals surface area contributed by atoms with Gasteiger partial charge >= 0.3 is 0 Å². The van der Waals surface area contributed by atoms with Crippen molar-refractivity contribution in [1.82, 2.24) is 30.4 Å². The highest BCUT2D eigenvalue weighted by Gasteiger charge is 2.20. The van der Waals surface area contributed by atoms with Crippen molar-refractivity contribution in [3.8, 4) is 17.1 Å². The van der Waals surface area contributed by atoms with Gasteiger partial charge in [0.25, 0.3) is 0 Å². The topological polar surface area (TPSA) is 82.5 Å². The van der Waals surface area contributed by atoms with Gasteiger partial charge in [-0.2, -0.15) is 4.68 Å². The molecule has 2 aromatic carbocycles. The largest absolute Gasteiger partial charge is 0.419 e. The van der Waals surface area contributed by atoms with Gasteiger partial charge in [0.1, 0.15) is 0 Å². The summed E-state index contributed by atoms with van der Waals surface area (Å²) in [5, 5.41) is 21.1. The Morgan fingerprint density at radius 1 is 0.929 bits per heavy atom. The summed E-state index contributed by atoms with van der Waals surface area (Å²) in [5.74, 6) is 1.05. The van der Waals surface area contributed by atoms with Crippen molar-refractivity contribution in [2.45, 2.75) is 38.1 Å². The van der Waals surface area contributed by atoms with Crippen LogP contribution >= 0.6 is 11.8 Å². The van der Waals surface area contributed by atoms with E-state index in [9.17, 15) is 0 Å². The van der Waals surface area contributed by atoms with Crippen LogP contribution in [0.1, 0.15) is 34.8 Å². The van der Waals surface area contributed by atoms with Crippen molar-refractivity contribution >= 4 is 11.8 Å². The highest BCUT2D eigenvalue weighted by molar-refractivity contribution is 7.99. The molecule has 7 nitrogen and oxygen atoms in total. The molecule has 1 unspecified atom stereocenters. The first kappa shape index (κ1) is 18.4. The Balaban J connectivity index is 1.56. The van der Waals surface area contributed by atoms with Gasteiger partial charge in [0.05, 0.1) is 10.9 Å². The number of tetrazole rings is 1. The van der Waals surface area contributed by atoms with Crippen molar-refractivity contribution < 1.29 is 4.42 Å². The SMILES string of the molecule is Cc1ccc(-c2nnc(C(C)Sc3nnnn3-c3ccc(C)cc3C)o2)cc1. The third-order valence-electron chi connectivity index (χ3n) is 4.39. The smallest absolute Gasteiger partial charge is 0.247 e. The van der Waals surface area contributed by atoms with Crippen LogP contribution in [-0.2, 0) is 0 Å². The molecule has 0 aliphatic rings. The summed E-state index contributed by atoms with van der Waals surface area (Å²) >= 11 is 1.48. The van der Waals surface area contributed by atoms with Gasteiger partial charge < -0.3 is 4.42 Å². The summed E-state index contributed by atoms with van der Waals surface area (Å²) in [7, 11) is 0. The van der Waals surface area contributed by atoms with Crippen molar-refractivity contribution in [3.63, 3.8) is 0 Å². The number of rotatable bonds is 5. The molecule has 28 heavy (non-hydrogen) atoms. The molecule has 0 aliphatic carbocycles. The van der Waals surface area contributed by atoms with E-state index in [1.807, 2.05) is 57.2 Å². The van der Waals surface area contributed by atoms with Crippen LogP contribution in [-0.4, -0.2) is 30.4 Å². The van der Waals surface area contributed by atoms with E-state index in [-0.39, 0.29) is 5.25 Å². The van der Waals surface area contributed by atoms with E-state index in [0.717, 1.165) is 16.8 Å². The van der Waals surface area contributed by atoms with Crippen LogP contribution in [0.25, 0.3) is 17.1 Å². The molecule has 0 fully saturated rings. The van der Waals surface area contributed by atoms with Crippen LogP contribution in [0.15, 0.2) is 52.0 Å². The molecule has 0 spiro atoms. The molecule has 8 heteroatoms. The molecule has 0 N–H and O–H groups in total. The third-order valence-corrected chi connectivity index (χ3v) is 5.41. The first-order valence-electron chi connectivity index (χ1n) is 8.94. The molecule has 2 aromatic heterocycles. The lowest BCUT2D eigenvalue weighted by atomic mass is 10.1. The molecular weight excluding hydrogens is 372 g/mol. The van der Waals surface area contributed by atoms with Crippen molar-refractivity contribution in [3.05, 3.63) is 65.0 Å². The molecular formula is C20H20N6OS. The zero-order chi connectivity index (χ0) is 19.7. The van der Waals surface area contributed by atoms with Gasteiger partial charge in [0.15, 0.2) is 0 Å². The Bertz CT molecular complexity index is 1100. The van der Waals surface area contributed by atoms with Gasteiger partial charge in [0.2, 0.25) is 16.9 Å². The van der Waals surface area contributed by atoms with Gasteiger partial charge in [-0.25, -0.2) is 0 Å². The molecule has 0 aliphatic heterocycles. The summed E-state index contributed by atoms with van der Waals surface area (Å²) < 4.78 is 7.63. The van der Waals surface area contributed by atoms with E-state index in [4.69, 9.17) is 4.42 Å². The molecule has 0 amide bonds. The number of hydrogen-bond acceptors (Lipinski definition) is 7. The van der Waals surface area contributed by atoms with E-state index in [0.29, 0.717) is 16.9 Å². The van der Waals surface area contributed by atoms with Crippen LogP contribution in [0.2, 0.25) is 0 Å². The lowest BCUT2D eigenvalue weighted by Gasteiger charge is -2.10. The van der Waals surface area contributed by atoms with E-state index in [1.165, 1.54) is 22.9 Å². The van der Waals surface area contributed by atoms with Crippen molar-refractivity contribution in [2.75, 3.05) is 0 Å². The maximum Gasteiger partial charge on any atom is 0.247 e. The fourth-order valence-electron chi connectivity index (χ4n) is 2.87. The van der Waals surface area contributed by atoms with E-state index in [1.54, 1.807) is 4.68 Å². The lowest BCUT2D eigenvalue weighted by molar-refractivity contribution is 0.508. The zero-order valence-electron chi connectivity index (χ0n) is 16.1. The van der Waals surface area contributed by atoms with Gasteiger partial charge in [-0.3, -0.25) is 0 Å². The van der Waals surface area contributed by atoms with Gasteiger partial charge in [0, 0.05) is 5.56 Å². The standard InChI is InChI=1S/C20H20N6OS/c1-12-5-8-16(9-6-12)19-22-21-18(27-19)15(4)28-20-23-24-25-26(20)17-10-7-13(2)11-14(17)3/h5-11,15H,1-4H3. The van der Waals surface area contributed by atoms with Crippen LogP contribution in [0.4, 0.5) is 0 Å². The number of hydrogen-bond donors (Lipinski definition) is 0. The Morgan fingerprint density at radius 3 is 2.43 bits per heavy atom. The maximum atomic E-state index is 5.88. The molecule has 4 aromatic rings. The van der Waals surface area contributed by atoms with Gasteiger partial charge in [-0.05, 0) is 61.9 Å². The summed E-state index contributed by atoms with van der Waals surface area (Å²) in [4.78, 5) is 0. The average Bonchev–Trinajstić information content (AvgIpc) is 3.32. The zero-order valence-corrected chi connectivity index (χ0v) is 16.9. The van der Waals surface area contributed by atoms with Gasteiger partial charge in [-0.1, -0.05) is 47.2 Å². The first-order chi connectivity index (χ1) is 13.5. The quantitative estimate of drug-likeness (QED) is 0.463. The highest BCUT2D eigenvalue weighted by Crippen LogP contribution is 2.35. The average molecular weight is 392 g/mol. The molecule has 0 saturated carbocycles. The van der Waals surface area contributed by atoms with Crippen LogP contribution in [0.3, 0.4) is 0 Å². The van der Waals surface area contributed by atoms with Crippen LogP contribution in [0.5, 0.6) is 0 Å². The highest BCUT2D eigenvalue weighted by atomic mass is 32.2. The Hall–Kier alpha value is -3.00. The lowest BCUT2D eigenvalue weighted by Crippen LogP contribution is -2.02. The fourth-order valence-corrected chi connectivity index (χ4v) is 3.70.